The summed E-state index contributed by atoms with van der Waals surface area (Å²) in [6.07, 6.45) is 4.58. The number of benzene rings is 1. The van der Waals surface area contributed by atoms with E-state index < -0.39 is 0 Å². The molecule has 0 saturated carbocycles. The van der Waals surface area contributed by atoms with Crippen LogP contribution in [0.4, 0.5) is 0 Å². The Balaban J connectivity index is 2.69. The van der Waals surface area contributed by atoms with Crippen molar-refractivity contribution in [3.63, 3.8) is 0 Å². The molecule has 1 amide bonds. The minimum absolute atomic E-state index is 0.0326. The van der Waals surface area contributed by atoms with E-state index in [-0.39, 0.29) is 11.9 Å². The van der Waals surface area contributed by atoms with Gasteiger partial charge in [-0.25, -0.2) is 0 Å². The molecule has 1 atom stereocenters. The second-order valence-electron chi connectivity index (χ2n) is 5.41. The van der Waals surface area contributed by atoms with Crippen LogP contribution in [0, 0.1) is 18.8 Å². The highest BCUT2D eigenvalue weighted by Crippen LogP contribution is 2.11. The summed E-state index contributed by atoms with van der Waals surface area (Å²) < 4.78 is 0. The van der Waals surface area contributed by atoms with E-state index in [9.17, 15) is 4.79 Å². The molecule has 1 unspecified atom stereocenters. The topological polar surface area (TPSA) is 55.1 Å². The molecular formula is C18H26N2O. The summed E-state index contributed by atoms with van der Waals surface area (Å²) in [7, 11) is 0. The summed E-state index contributed by atoms with van der Waals surface area (Å²) in [5, 5.41) is 3.05. The predicted octanol–water partition coefficient (Wildman–Crippen LogP) is 3.00. The Labute approximate surface area is 128 Å². The lowest BCUT2D eigenvalue weighted by atomic mass is 10.0. The van der Waals surface area contributed by atoms with Gasteiger partial charge in [0.15, 0.2) is 0 Å². The monoisotopic (exact) mass is 286 g/mol. The van der Waals surface area contributed by atoms with Crippen LogP contribution in [0.5, 0.6) is 0 Å². The fourth-order valence-corrected chi connectivity index (χ4v) is 2.12. The first-order valence-corrected chi connectivity index (χ1v) is 7.69. The number of nitrogens with one attached hydrogen (secondary N) is 1. The largest absolute Gasteiger partial charge is 0.350 e. The third kappa shape index (κ3) is 6.01. The van der Waals surface area contributed by atoms with Crippen molar-refractivity contribution in [2.24, 2.45) is 5.73 Å². The molecule has 0 spiro atoms. The molecule has 21 heavy (non-hydrogen) atoms. The average molecular weight is 286 g/mol. The van der Waals surface area contributed by atoms with E-state index in [1.807, 2.05) is 25.1 Å². The lowest BCUT2D eigenvalue weighted by Crippen LogP contribution is -2.32. The average Bonchev–Trinajstić information content (AvgIpc) is 2.46. The Hall–Kier alpha value is -1.79. The molecule has 0 radical (unpaired) electrons. The number of hydrogen-bond acceptors (Lipinski definition) is 2. The Kier molecular flexibility index (Phi) is 7.56. The number of carbonyl (C=O) groups is 1. The van der Waals surface area contributed by atoms with Gasteiger partial charge in [-0.05, 0) is 38.0 Å². The number of aryl methyl sites for hydroxylation is 1. The fourth-order valence-electron chi connectivity index (χ4n) is 2.12. The first kappa shape index (κ1) is 17.3. The maximum Gasteiger partial charge on any atom is 0.251 e. The molecule has 1 aromatic carbocycles. The van der Waals surface area contributed by atoms with E-state index in [0.717, 1.165) is 24.0 Å². The maximum absolute atomic E-state index is 12.2. The van der Waals surface area contributed by atoms with Crippen molar-refractivity contribution < 1.29 is 4.79 Å². The molecule has 114 valence electrons. The molecule has 3 N–H and O–H groups in total. The molecule has 0 bridgehead atoms. The predicted molar refractivity (Wildman–Crippen MR) is 88.2 cm³/mol. The molecular weight excluding hydrogens is 260 g/mol. The summed E-state index contributed by atoms with van der Waals surface area (Å²) in [5.41, 5.74) is 7.98. The number of amides is 1. The number of hydrogen-bond donors (Lipinski definition) is 2. The molecule has 3 heteroatoms. The lowest BCUT2D eigenvalue weighted by molar-refractivity contribution is 0.0938. The second kappa shape index (κ2) is 9.20. The lowest BCUT2D eigenvalue weighted by Gasteiger charge is -2.14. The highest BCUT2D eigenvalue weighted by atomic mass is 16.1. The zero-order valence-corrected chi connectivity index (χ0v) is 13.3. The van der Waals surface area contributed by atoms with Crippen LogP contribution in [0.15, 0.2) is 18.2 Å². The van der Waals surface area contributed by atoms with E-state index in [2.05, 4.69) is 31.0 Å². The van der Waals surface area contributed by atoms with Crippen molar-refractivity contribution in [2.45, 2.75) is 52.5 Å². The number of nitrogens with two attached hydrogens (primary N) is 1. The van der Waals surface area contributed by atoms with Crippen LogP contribution >= 0.6 is 0 Å². The van der Waals surface area contributed by atoms with Gasteiger partial charge in [-0.15, -0.1) is 0 Å². The van der Waals surface area contributed by atoms with Gasteiger partial charge in [-0.1, -0.05) is 44.1 Å². The molecule has 0 fully saturated rings. The van der Waals surface area contributed by atoms with Gasteiger partial charge in [0.25, 0.3) is 5.91 Å². The number of rotatable bonds is 6. The van der Waals surface area contributed by atoms with E-state index in [4.69, 9.17) is 5.73 Å². The van der Waals surface area contributed by atoms with E-state index in [1.165, 1.54) is 12.8 Å². The zero-order chi connectivity index (χ0) is 15.7. The van der Waals surface area contributed by atoms with Crippen molar-refractivity contribution in [3.8, 4) is 11.8 Å². The van der Waals surface area contributed by atoms with Crippen molar-refractivity contribution in [1.82, 2.24) is 5.32 Å². The standard InChI is InChI=1S/C18H26N2O/c1-4-5-6-8-15(3)20-18(21)17-11-10-14(2)16(13-17)9-7-12-19/h10-11,13,15H,4-6,8,12,19H2,1-3H3,(H,20,21). The Morgan fingerprint density at radius 3 is 2.81 bits per heavy atom. The highest BCUT2D eigenvalue weighted by Gasteiger charge is 2.10. The first-order valence-electron chi connectivity index (χ1n) is 7.69. The van der Waals surface area contributed by atoms with E-state index >= 15 is 0 Å². The minimum Gasteiger partial charge on any atom is -0.350 e. The van der Waals surface area contributed by atoms with Gasteiger partial charge in [-0.2, -0.15) is 0 Å². The van der Waals surface area contributed by atoms with Gasteiger partial charge in [0.2, 0.25) is 0 Å². The summed E-state index contributed by atoms with van der Waals surface area (Å²) in [6.45, 7) is 6.54. The fraction of sp³-hybridized carbons (Fsp3) is 0.500. The van der Waals surface area contributed by atoms with Gasteiger partial charge in [0.1, 0.15) is 0 Å². The smallest absolute Gasteiger partial charge is 0.251 e. The van der Waals surface area contributed by atoms with Crippen LogP contribution in [0.25, 0.3) is 0 Å². The van der Waals surface area contributed by atoms with Gasteiger partial charge in [0, 0.05) is 17.2 Å². The quantitative estimate of drug-likeness (QED) is 0.624. The third-order valence-electron chi connectivity index (χ3n) is 3.44. The van der Waals surface area contributed by atoms with Crippen LogP contribution in [0.1, 0.15) is 61.0 Å². The summed E-state index contributed by atoms with van der Waals surface area (Å²) in [4.78, 5) is 12.2. The molecule has 3 nitrogen and oxygen atoms in total. The van der Waals surface area contributed by atoms with Crippen molar-refractivity contribution >= 4 is 5.91 Å². The Morgan fingerprint density at radius 1 is 1.38 bits per heavy atom. The van der Waals surface area contributed by atoms with Crippen LogP contribution < -0.4 is 11.1 Å². The summed E-state index contributed by atoms with van der Waals surface area (Å²) in [5.74, 6) is 5.81. The van der Waals surface area contributed by atoms with Crippen molar-refractivity contribution in [2.75, 3.05) is 6.54 Å². The van der Waals surface area contributed by atoms with Crippen LogP contribution in [0.2, 0.25) is 0 Å². The molecule has 0 aliphatic carbocycles. The van der Waals surface area contributed by atoms with Gasteiger partial charge < -0.3 is 11.1 Å². The summed E-state index contributed by atoms with van der Waals surface area (Å²) in [6, 6.07) is 5.81. The molecule has 1 rings (SSSR count). The maximum atomic E-state index is 12.2. The number of carbonyl (C=O) groups excluding carboxylic acids is 1. The van der Waals surface area contributed by atoms with Crippen LogP contribution in [-0.2, 0) is 0 Å². The molecule has 0 saturated heterocycles. The Bertz CT molecular complexity index is 526. The van der Waals surface area contributed by atoms with E-state index in [0.29, 0.717) is 12.1 Å². The highest BCUT2D eigenvalue weighted by molar-refractivity contribution is 5.94. The Morgan fingerprint density at radius 2 is 2.14 bits per heavy atom. The summed E-state index contributed by atoms with van der Waals surface area (Å²) >= 11 is 0. The molecule has 0 aromatic heterocycles. The zero-order valence-electron chi connectivity index (χ0n) is 13.3. The second-order valence-corrected chi connectivity index (χ2v) is 5.41. The molecule has 0 heterocycles. The van der Waals surface area contributed by atoms with Gasteiger partial charge >= 0.3 is 0 Å². The normalized spacial score (nSPS) is 11.4. The number of unbranched alkanes of at least 4 members (excludes halogenated alkanes) is 2. The first-order chi connectivity index (χ1) is 10.1. The SMILES string of the molecule is CCCCCC(C)NC(=O)c1ccc(C)c(C#CCN)c1. The molecule has 1 aromatic rings. The van der Waals surface area contributed by atoms with Crippen molar-refractivity contribution in [1.29, 1.82) is 0 Å². The molecule has 0 aliphatic rings. The van der Waals surface area contributed by atoms with E-state index in [1.54, 1.807) is 0 Å². The van der Waals surface area contributed by atoms with Crippen molar-refractivity contribution in [3.05, 3.63) is 34.9 Å². The molecule has 0 aliphatic heterocycles. The third-order valence-corrected chi connectivity index (χ3v) is 3.44. The van der Waals surface area contributed by atoms with Gasteiger partial charge in [-0.3, -0.25) is 4.79 Å². The van der Waals surface area contributed by atoms with Gasteiger partial charge in [0.05, 0.1) is 6.54 Å². The van der Waals surface area contributed by atoms with Crippen LogP contribution in [-0.4, -0.2) is 18.5 Å². The van der Waals surface area contributed by atoms with Crippen LogP contribution in [0.3, 0.4) is 0 Å². The minimum atomic E-state index is -0.0326.